The fourth-order valence-corrected chi connectivity index (χ4v) is 28.8. The fourth-order valence-electron chi connectivity index (χ4n) is 13.6. The first-order valence-corrected chi connectivity index (χ1v) is 65.9. The number of rotatable bonds is 15. The second-order valence-electron chi connectivity index (χ2n) is 35.7. The van der Waals surface area contributed by atoms with Gasteiger partial charge in [-0.05, 0) is 0 Å². The normalized spacial score (nSPS) is 12.4. The minimum atomic E-state index is -1.90. The van der Waals surface area contributed by atoms with E-state index in [9.17, 15) is 0 Å². The van der Waals surface area contributed by atoms with E-state index in [2.05, 4.69) is 376 Å². The Morgan fingerprint density at radius 2 is 0.604 bits per heavy atom. The van der Waals surface area contributed by atoms with Crippen LogP contribution >= 0.6 is 0 Å². The molecule has 520 valence electrons. The van der Waals surface area contributed by atoms with Gasteiger partial charge in [-0.25, -0.2) is 0 Å². The summed E-state index contributed by atoms with van der Waals surface area (Å²) < 4.78 is 15.9. The molecule has 0 N–H and O–H groups in total. The molecule has 0 spiro atoms. The van der Waals surface area contributed by atoms with E-state index in [0.717, 1.165) is 6.42 Å². The monoisotopic (exact) mass is 1540 g/mol. The Hall–Kier alpha value is -4.35. The van der Waals surface area contributed by atoms with E-state index in [4.69, 9.17) is 0 Å². The maximum atomic E-state index is 2.49. The molecule has 4 aromatic carbocycles. The van der Waals surface area contributed by atoms with Gasteiger partial charge in [0.2, 0.25) is 0 Å². The Morgan fingerprint density at radius 1 is 0.323 bits per heavy atom. The van der Waals surface area contributed by atoms with Crippen LogP contribution in [0.4, 0.5) is 0 Å². The Balaban J connectivity index is 0.000000232. The molecular formula is C88H136Ge4N4+4. The van der Waals surface area contributed by atoms with E-state index in [1.807, 2.05) is 0 Å². The third-order valence-electron chi connectivity index (χ3n) is 19.4. The molecule has 0 fully saturated rings. The summed E-state index contributed by atoms with van der Waals surface area (Å²) >= 11 is -7.53. The van der Waals surface area contributed by atoms with Gasteiger partial charge in [-0.1, -0.05) is 0 Å². The topological polar surface area (TPSA) is 15.5 Å². The van der Waals surface area contributed by atoms with Crippen molar-refractivity contribution in [1.29, 1.82) is 0 Å². The van der Waals surface area contributed by atoms with Crippen LogP contribution in [-0.4, -0.2) is 53.1 Å². The summed E-state index contributed by atoms with van der Waals surface area (Å²) in [6, 6.07) is 37.5. The van der Waals surface area contributed by atoms with Gasteiger partial charge in [0.05, 0.1) is 0 Å². The van der Waals surface area contributed by atoms with Gasteiger partial charge < -0.3 is 0 Å². The molecule has 4 aromatic heterocycles. The van der Waals surface area contributed by atoms with Crippen molar-refractivity contribution in [2.75, 3.05) is 0 Å². The van der Waals surface area contributed by atoms with Gasteiger partial charge in [0.15, 0.2) is 0 Å². The van der Waals surface area contributed by atoms with Crippen LogP contribution in [0.5, 0.6) is 0 Å². The molecule has 8 rings (SSSR count). The van der Waals surface area contributed by atoms with Crippen molar-refractivity contribution in [3.05, 3.63) is 189 Å². The average molecular weight is 1540 g/mol. The third kappa shape index (κ3) is 21.4. The molecular weight excluding hydrogens is 1400 g/mol. The molecule has 0 aliphatic carbocycles. The van der Waals surface area contributed by atoms with Gasteiger partial charge in [0.1, 0.15) is 0 Å². The van der Waals surface area contributed by atoms with Crippen molar-refractivity contribution >= 4 is 70.6 Å². The van der Waals surface area contributed by atoms with Crippen molar-refractivity contribution in [2.45, 2.75) is 249 Å². The Labute approximate surface area is 600 Å². The van der Waals surface area contributed by atoms with Crippen LogP contribution < -0.4 is 35.9 Å². The molecule has 8 heteroatoms. The number of nitrogens with zero attached hydrogens (tertiary/aromatic N) is 4. The average Bonchev–Trinajstić information content (AvgIpc) is 0.797. The predicted octanol–water partition coefficient (Wildman–Crippen LogP) is 20.5. The summed E-state index contributed by atoms with van der Waals surface area (Å²) in [6.45, 7) is 45.6. The molecule has 0 amide bonds. The summed E-state index contributed by atoms with van der Waals surface area (Å²) in [5.41, 5.74) is 28.2. The third-order valence-corrected chi connectivity index (χ3v) is 36.4. The summed E-state index contributed by atoms with van der Waals surface area (Å²) in [5, 5.41) is 0. The summed E-state index contributed by atoms with van der Waals surface area (Å²) in [6.07, 6.45) is 10.8. The molecule has 0 aliphatic heterocycles. The van der Waals surface area contributed by atoms with Crippen LogP contribution in [0.15, 0.2) is 122 Å². The fraction of sp³-hybridized carbons (Fsp3) is 0.500. The van der Waals surface area contributed by atoms with Gasteiger partial charge >= 0.3 is 606 Å². The number of aromatic nitrogens is 4. The molecule has 4 heterocycles. The molecule has 0 unspecified atom stereocenters. The molecule has 96 heavy (non-hydrogen) atoms. The molecule has 0 atom stereocenters. The SMILES string of the molecule is Cc1cc(C(C)(C)C)ccc1-c1cc(C(C)C)[c]([Ge]([CH3])([CH3])[CH3])c[n+]1C.Cc1cc(C(C)C)ccc1-c1cc(C(C)C)[c]([Ge]([CH3])([CH3])[CH3])c[n+]1C.Cc1cc(CC(C)C)ccc1-c1cc(C(C)C)[c]([Ge]([CH3])([CH3])[CH3])c[n+]1C.Cc1ccc(-c2cc(C(C)C)[c]([Ge]([CH3])([CH3])[CH3])c[n+]2C)c(C)c1. The zero-order chi connectivity index (χ0) is 73.0. The van der Waals surface area contributed by atoms with Crippen LogP contribution in [0.3, 0.4) is 0 Å². The van der Waals surface area contributed by atoms with Crippen molar-refractivity contribution in [3.8, 4) is 45.0 Å². The number of aryl methyl sites for hydroxylation is 9. The number of benzene rings is 4. The number of pyridine rings is 4. The van der Waals surface area contributed by atoms with Gasteiger partial charge in [-0.15, -0.1) is 0 Å². The molecule has 0 bridgehead atoms. The van der Waals surface area contributed by atoms with E-state index >= 15 is 0 Å². The molecule has 4 nitrogen and oxygen atoms in total. The van der Waals surface area contributed by atoms with Crippen molar-refractivity contribution in [2.24, 2.45) is 34.1 Å². The molecule has 8 aromatic rings. The van der Waals surface area contributed by atoms with Crippen LogP contribution in [0.25, 0.3) is 45.0 Å². The quantitative estimate of drug-likeness (QED) is 0.0718. The molecule has 0 aliphatic rings. The maximum absolute atomic E-state index is 2.49. The number of hydrogen-bond donors (Lipinski definition) is 0. The van der Waals surface area contributed by atoms with E-state index in [-0.39, 0.29) is 5.41 Å². The summed E-state index contributed by atoms with van der Waals surface area (Å²) in [7, 11) is 8.80. The van der Waals surface area contributed by atoms with Crippen LogP contribution in [0.1, 0.15) is 200 Å². The van der Waals surface area contributed by atoms with E-state index in [0.29, 0.717) is 35.5 Å². The Kier molecular flexibility index (Phi) is 28.3. The van der Waals surface area contributed by atoms with Gasteiger partial charge in [0, 0.05) is 0 Å². The Morgan fingerprint density at radius 3 is 0.854 bits per heavy atom. The van der Waals surface area contributed by atoms with E-state index in [1.165, 1.54) is 89.5 Å². The van der Waals surface area contributed by atoms with Gasteiger partial charge in [-0.2, -0.15) is 0 Å². The second-order valence-corrected chi connectivity index (χ2v) is 78.0. The van der Waals surface area contributed by atoms with Gasteiger partial charge in [0.25, 0.3) is 0 Å². The van der Waals surface area contributed by atoms with Crippen LogP contribution in [0.2, 0.25) is 69.1 Å². The van der Waals surface area contributed by atoms with Gasteiger partial charge in [-0.3, -0.25) is 0 Å². The Bertz CT molecular complexity index is 3990. The second kappa shape index (κ2) is 33.0. The molecule has 0 radical (unpaired) electrons. The summed E-state index contributed by atoms with van der Waals surface area (Å²) in [4.78, 5) is 0. The van der Waals surface area contributed by atoms with Crippen LogP contribution in [0, 0.1) is 40.5 Å². The van der Waals surface area contributed by atoms with Crippen molar-refractivity contribution in [3.63, 3.8) is 0 Å². The minimum absolute atomic E-state index is 0.193. The first-order valence-electron chi connectivity index (χ1n) is 36.5. The van der Waals surface area contributed by atoms with E-state index in [1.54, 1.807) is 39.8 Å². The zero-order valence-corrected chi connectivity index (χ0v) is 76.4. The zero-order valence-electron chi connectivity index (χ0n) is 68.0. The first kappa shape index (κ1) is 82.3. The first-order chi connectivity index (χ1) is 43.9. The van der Waals surface area contributed by atoms with Crippen LogP contribution in [-0.2, 0) is 40.0 Å². The molecule has 0 saturated carbocycles. The van der Waals surface area contributed by atoms with Crippen molar-refractivity contribution in [1.82, 2.24) is 0 Å². The predicted molar refractivity (Wildman–Crippen MR) is 436 cm³/mol. The number of hydrogen-bond acceptors (Lipinski definition) is 0. The molecule has 0 saturated heterocycles. The standard InChI is InChI=1S/2C23H36GeN.C22H34GeN.C20H30GeN/c1-16(2)20-14-22(25(10)15-21(20)24(7,8)9)19-12-11-18(13-17(19)3)23(4,5)6;1-16(2)12-19-10-11-20(18(5)13-19)23-14-21(17(3)4)22(15-25(23)9)24(6,7)8;1-15(2)18-10-11-19(17(5)12-18)22-13-20(16(3)4)21(14-24(22)9)23(6,7)8;1-14(2)18-12-20(17-10-9-15(3)11-16(17)4)22(8)13-19(18)21(5,6)7/h11-16H,1-10H3;10-11,13-17H,12H2,1-9H3;10-16H,1-9H3;9-14H,1-8H3/q4*+1. The van der Waals surface area contributed by atoms with Crippen molar-refractivity contribution < 1.29 is 18.3 Å². The summed E-state index contributed by atoms with van der Waals surface area (Å²) in [5.74, 6) is 33.4. The van der Waals surface area contributed by atoms with E-state index < -0.39 is 53.1 Å².